The molecule has 5 aromatic rings. The maximum absolute atomic E-state index is 14.8. The number of esters is 1. The molecule has 72 heavy (non-hydrogen) atoms. The van der Waals surface area contributed by atoms with Gasteiger partial charge in [-0.3, -0.25) is 29.0 Å². The zero-order valence-corrected chi connectivity index (χ0v) is 43.1. The molecule has 3 aromatic carbocycles. The Kier molecular flexibility index (Phi) is 17.0. The van der Waals surface area contributed by atoms with Crippen molar-refractivity contribution >= 4 is 46.2 Å². The molecule has 4 heterocycles. The van der Waals surface area contributed by atoms with E-state index in [4.69, 9.17) is 9.47 Å². The van der Waals surface area contributed by atoms with Crippen LogP contribution in [0.3, 0.4) is 0 Å². The molecule has 1 fully saturated rings. The molecule has 2 aromatic heterocycles. The molecule has 4 N–H and O–H groups in total. The van der Waals surface area contributed by atoms with Crippen molar-refractivity contribution in [1.29, 1.82) is 0 Å². The molecule has 6 bridgehead atoms. The molecule has 1 unspecified atom stereocenters. The van der Waals surface area contributed by atoms with Crippen molar-refractivity contribution in [2.45, 2.75) is 91.4 Å². The number of likely N-dealkylation sites (N-methyl/N-ethyl adjacent to an activating group) is 2. The van der Waals surface area contributed by atoms with Crippen molar-refractivity contribution in [1.82, 2.24) is 35.1 Å². The minimum atomic E-state index is -1.20. The zero-order chi connectivity index (χ0) is 51.9. The number of phenolic OH excluding ortho intramolecular Hbond substituents is 1. The third-order valence-corrected chi connectivity index (χ3v) is 13.3. The van der Waals surface area contributed by atoms with Crippen LogP contribution in [0.15, 0.2) is 91.1 Å². The number of cyclic esters (lactones) is 1. The Labute approximate surface area is 422 Å². The van der Waals surface area contributed by atoms with Gasteiger partial charge in [0.1, 0.15) is 29.6 Å². The SMILES string of the molecule is CCn1c(-c2ccccc2CCOC)c2c3cc(ccc31)-c1cc(O)cc(c1)C[C@H](NC(=O)C(C(C)C)N(C)C(=O)c1ccc(NC(=O)/C=C/CN(C)C)cn1)C(=O)N1CCC[C@H](N1)C(=O)OCC(C)(C)C2. The molecule has 4 amide bonds. The molecule has 7 rings (SSSR count). The number of nitrogens with one attached hydrogen (secondary N) is 3. The molecule has 0 saturated carbocycles. The number of carbonyl (C=O) groups excluding carboxylic acids is 5. The van der Waals surface area contributed by atoms with Crippen LogP contribution in [0.25, 0.3) is 33.3 Å². The first-order valence-corrected chi connectivity index (χ1v) is 24.8. The van der Waals surface area contributed by atoms with Gasteiger partial charge in [0.25, 0.3) is 11.8 Å². The van der Waals surface area contributed by atoms with Crippen molar-refractivity contribution in [2.24, 2.45) is 11.3 Å². The number of aromatic hydroxyl groups is 1. The van der Waals surface area contributed by atoms with Crippen LogP contribution in [0, 0.1) is 11.3 Å². The number of aryl methyl sites for hydroxylation is 1. The second-order valence-corrected chi connectivity index (χ2v) is 20.3. The summed E-state index contributed by atoms with van der Waals surface area (Å²) in [6.45, 7) is 12.2. The number of anilines is 1. The van der Waals surface area contributed by atoms with E-state index in [0.29, 0.717) is 50.2 Å². The first-order valence-electron chi connectivity index (χ1n) is 24.8. The molecule has 0 aliphatic carbocycles. The predicted octanol–water partition coefficient (Wildman–Crippen LogP) is 6.79. The zero-order valence-electron chi connectivity index (χ0n) is 43.1. The number of amides is 4. The van der Waals surface area contributed by atoms with Gasteiger partial charge in [0, 0.05) is 68.2 Å². The third kappa shape index (κ3) is 12.4. The van der Waals surface area contributed by atoms with Gasteiger partial charge in [-0.15, -0.1) is 0 Å². The van der Waals surface area contributed by atoms with Crippen LogP contribution in [0.5, 0.6) is 5.75 Å². The minimum Gasteiger partial charge on any atom is -0.508 e. The largest absolute Gasteiger partial charge is 0.508 e. The number of fused-ring (bicyclic) bond motifs is 6. The standard InChI is InChI=1S/C56H70N8O8/c1-10-63-48-22-19-38-31-43(48)44(51(63)42-16-12-11-15-37(42)23-26-71-9)32-56(4,5)34-72-55(70)46-17-13-25-64(60-46)54(69)47(29-36-27-39(38)30-41(65)28-36)59-52(67)50(35(2)3)62(8)53(68)45-21-20-40(33-57-45)58-49(66)18-14-24-61(6)7/h11-12,14-16,18-22,27-28,30-31,33,35,46-47,50,60,65H,10,13,17,23-26,29,32,34H2,1-9H3,(H,58,66)(H,59,67)/b18-14+/t46-,47-,50?/m0/s1. The smallest absolute Gasteiger partial charge is 0.324 e. The highest BCUT2D eigenvalue weighted by atomic mass is 16.5. The molecule has 0 spiro atoms. The summed E-state index contributed by atoms with van der Waals surface area (Å²) in [6.07, 6.45) is 6.73. The number of hydrogen-bond acceptors (Lipinski definition) is 11. The van der Waals surface area contributed by atoms with Crippen LogP contribution >= 0.6 is 0 Å². The summed E-state index contributed by atoms with van der Waals surface area (Å²) in [7, 11) is 7.00. The van der Waals surface area contributed by atoms with E-state index >= 15 is 0 Å². The molecule has 16 nitrogen and oxygen atoms in total. The molecule has 0 radical (unpaired) electrons. The van der Waals surface area contributed by atoms with E-state index in [1.807, 2.05) is 37.2 Å². The van der Waals surface area contributed by atoms with Crippen molar-refractivity contribution in [3.05, 3.63) is 114 Å². The van der Waals surface area contributed by atoms with Gasteiger partial charge in [0.05, 0.1) is 30.8 Å². The fraction of sp³-hybridized carbons (Fsp3) is 0.429. The summed E-state index contributed by atoms with van der Waals surface area (Å²) in [6, 6.07) is 19.9. The Morgan fingerprint density at radius 1 is 1.03 bits per heavy atom. The van der Waals surface area contributed by atoms with E-state index in [0.717, 1.165) is 50.8 Å². The molecule has 2 aliphatic rings. The molecule has 16 heteroatoms. The summed E-state index contributed by atoms with van der Waals surface area (Å²) in [5, 5.41) is 19.5. The van der Waals surface area contributed by atoms with Gasteiger partial charge in [-0.05, 0) is 117 Å². The summed E-state index contributed by atoms with van der Waals surface area (Å²) < 4.78 is 14.0. The fourth-order valence-electron chi connectivity index (χ4n) is 9.83. The van der Waals surface area contributed by atoms with E-state index in [9.17, 15) is 29.1 Å². The average Bonchev–Trinajstić information content (AvgIpc) is 3.65. The minimum absolute atomic E-state index is 0.0158. The monoisotopic (exact) mass is 983 g/mol. The molecule has 2 aliphatic heterocycles. The lowest BCUT2D eigenvalue weighted by Crippen LogP contribution is -2.62. The number of ether oxygens (including phenoxy) is 2. The van der Waals surface area contributed by atoms with Gasteiger partial charge in [0.2, 0.25) is 11.8 Å². The van der Waals surface area contributed by atoms with Crippen LogP contribution in [0.2, 0.25) is 0 Å². The number of hydrazine groups is 1. The molecule has 3 atom stereocenters. The fourth-order valence-corrected chi connectivity index (χ4v) is 9.83. The van der Waals surface area contributed by atoms with Crippen LogP contribution in [0.1, 0.15) is 74.6 Å². The van der Waals surface area contributed by atoms with Crippen LogP contribution in [-0.4, -0.2) is 132 Å². The van der Waals surface area contributed by atoms with Crippen LogP contribution < -0.4 is 16.1 Å². The van der Waals surface area contributed by atoms with Crippen molar-refractivity contribution in [2.75, 3.05) is 59.9 Å². The van der Waals surface area contributed by atoms with Gasteiger partial charge in [-0.1, -0.05) is 70.2 Å². The van der Waals surface area contributed by atoms with E-state index in [1.165, 1.54) is 35.3 Å². The number of phenols is 1. The lowest BCUT2D eigenvalue weighted by Gasteiger charge is -2.36. The van der Waals surface area contributed by atoms with Crippen LogP contribution in [0.4, 0.5) is 5.69 Å². The Balaban J connectivity index is 1.25. The number of methoxy groups -OCH3 is 1. The van der Waals surface area contributed by atoms with Gasteiger partial charge in [0.15, 0.2) is 0 Å². The summed E-state index contributed by atoms with van der Waals surface area (Å²) in [4.78, 5) is 77.3. The van der Waals surface area contributed by atoms with Gasteiger partial charge >= 0.3 is 5.97 Å². The van der Waals surface area contributed by atoms with E-state index in [1.54, 1.807) is 45.2 Å². The normalized spacial score (nSPS) is 17.7. The quantitative estimate of drug-likeness (QED) is 0.0679. The second kappa shape index (κ2) is 23.1. The van der Waals surface area contributed by atoms with E-state index in [-0.39, 0.29) is 36.9 Å². The Bertz CT molecular complexity index is 2820. The van der Waals surface area contributed by atoms with Crippen molar-refractivity contribution < 1.29 is 38.6 Å². The number of rotatable bonds is 14. The number of pyridine rings is 1. The van der Waals surface area contributed by atoms with E-state index in [2.05, 4.69) is 76.7 Å². The van der Waals surface area contributed by atoms with Gasteiger partial charge in [-0.25, -0.2) is 10.4 Å². The third-order valence-electron chi connectivity index (χ3n) is 13.3. The first-order chi connectivity index (χ1) is 34.4. The molecule has 1 saturated heterocycles. The van der Waals surface area contributed by atoms with Crippen molar-refractivity contribution in [3.63, 3.8) is 0 Å². The number of carbonyl (C=O) groups is 5. The van der Waals surface area contributed by atoms with Gasteiger partial charge < -0.3 is 39.6 Å². The van der Waals surface area contributed by atoms with E-state index < -0.39 is 53.1 Å². The first kappa shape index (κ1) is 52.9. The summed E-state index contributed by atoms with van der Waals surface area (Å²) >= 11 is 0. The topological polar surface area (TPSA) is 188 Å². The number of aromatic nitrogens is 2. The Morgan fingerprint density at radius 3 is 2.51 bits per heavy atom. The predicted molar refractivity (Wildman–Crippen MR) is 279 cm³/mol. The average molecular weight is 983 g/mol. The highest BCUT2D eigenvalue weighted by molar-refractivity contribution is 6.00. The number of benzene rings is 3. The Morgan fingerprint density at radius 2 is 1.81 bits per heavy atom. The summed E-state index contributed by atoms with van der Waals surface area (Å²) in [5.74, 6) is -2.87. The maximum Gasteiger partial charge on any atom is 0.324 e. The Hall–Kier alpha value is -6.88. The molecular weight excluding hydrogens is 913 g/mol. The van der Waals surface area contributed by atoms with Gasteiger partial charge in [-0.2, -0.15) is 0 Å². The number of nitrogens with zero attached hydrogens (tertiary/aromatic N) is 5. The number of hydrogen-bond donors (Lipinski definition) is 4. The highest BCUT2D eigenvalue weighted by Gasteiger charge is 2.38. The highest BCUT2D eigenvalue weighted by Crippen LogP contribution is 2.41. The summed E-state index contributed by atoms with van der Waals surface area (Å²) in [5.41, 5.74) is 10.7. The maximum atomic E-state index is 14.8. The van der Waals surface area contributed by atoms with Crippen LogP contribution in [-0.2, 0) is 54.5 Å². The lowest BCUT2D eigenvalue weighted by atomic mass is 9.83. The van der Waals surface area contributed by atoms with Crippen molar-refractivity contribution in [3.8, 4) is 28.1 Å². The molecular formula is C56H70N8O8. The molecule has 382 valence electrons. The second-order valence-electron chi connectivity index (χ2n) is 20.3. The lowest BCUT2D eigenvalue weighted by molar-refractivity contribution is -0.155.